The fraction of sp³-hybridized carbons (Fsp3) is 0.294. The number of aryl methyl sites for hydroxylation is 2. The van der Waals surface area contributed by atoms with Gasteiger partial charge >= 0.3 is 0 Å². The van der Waals surface area contributed by atoms with Gasteiger partial charge in [0.15, 0.2) is 0 Å². The van der Waals surface area contributed by atoms with Gasteiger partial charge in [0.1, 0.15) is 11.6 Å². The molecule has 20 heavy (non-hydrogen) atoms. The summed E-state index contributed by atoms with van der Waals surface area (Å²) in [5.41, 5.74) is 10.0. The van der Waals surface area contributed by atoms with Crippen LogP contribution in [0.1, 0.15) is 28.3 Å². The molecule has 0 fully saturated rings. The molecule has 1 unspecified atom stereocenters. The first-order valence-electron chi connectivity index (χ1n) is 6.67. The third-order valence-corrected chi connectivity index (χ3v) is 3.48. The molecule has 0 bridgehead atoms. The Morgan fingerprint density at radius 1 is 1.20 bits per heavy atom. The molecule has 0 saturated carbocycles. The number of ether oxygens (including phenoxy) is 1. The normalized spacial score (nSPS) is 12.2. The van der Waals surface area contributed by atoms with Gasteiger partial charge in [-0.1, -0.05) is 24.3 Å². The van der Waals surface area contributed by atoms with Crippen molar-refractivity contribution in [3.05, 3.63) is 64.5 Å². The lowest BCUT2D eigenvalue weighted by atomic mass is 9.93. The van der Waals surface area contributed by atoms with Gasteiger partial charge in [-0.15, -0.1) is 0 Å². The number of benzene rings is 2. The second-order valence-electron chi connectivity index (χ2n) is 5.10. The molecular formula is C17H20FNO. The molecule has 0 aromatic heterocycles. The van der Waals surface area contributed by atoms with E-state index in [-0.39, 0.29) is 11.9 Å². The highest BCUT2D eigenvalue weighted by molar-refractivity contribution is 5.45. The first-order chi connectivity index (χ1) is 9.52. The Hall–Kier alpha value is -1.87. The Balaban J connectivity index is 2.34. The molecule has 0 radical (unpaired) electrons. The monoisotopic (exact) mass is 273 g/mol. The molecule has 0 aliphatic heterocycles. The van der Waals surface area contributed by atoms with E-state index >= 15 is 0 Å². The molecule has 0 aliphatic carbocycles. The Labute approximate surface area is 119 Å². The molecule has 2 rings (SSSR count). The average molecular weight is 273 g/mol. The molecule has 0 heterocycles. The van der Waals surface area contributed by atoms with E-state index in [1.165, 1.54) is 6.07 Å². The third kappa shape index (κ3) is 2.99. The fourth-order valence-corrected chi connectivity index (χ4v) is 2.59. The second-order valence-corrected chi connectivity index (χ2v) is 5.10. The van der Waals surface area contributed by atoms with Gasteiger partial charge in [-0.3, -0.25) is 0 Å². The number of rotatable bonds is 4. The van der Waals surface area contributed by atoms with Crippen LogP contribution in [0.4, 0.5) is 4.39 Å². The largest absolute Gasteiger partial charge is 0.496 e. The van der Waals surface area contributed by atoms with Crippen molar-refractivity contribution in [2.75, 3.05) is 7.11 Å². The molecular weight excluding hydrogens is 253 g/mol. The van der Waals surface area contributed by atoms with Crippen LogP contribution in [0, 0.1) is 19.7 Å². The Bertz CT molecular complexity index is 610. The minimum atomic E-state index is -0.289. The maximum atomic E-state index is 13.7. The van der Waals surface area contributed by atoms with Crippen molar-refractivity contribution in [2.24, 2.45) is 5.73 Å². The van der Waals surface area contributed by atoms with Gasteiger partial charge in [-0.25, -0.2) is 4.39 Å². The quantitative estimate of drug-likeness (QED) is 0.922. The predicted molar refractivity (Wildman–Crippen MR) is 79.5 cm³/mol. The summed E-state index contributed by atoms with van der Waals surface area (Å²) in [6.45, 7) is 4.02. The maximum absolute atomic E-state index is 13.7. The Kier molecular flexibility index (Phi) is 4.40. The van der Waals surface area contributed by atoms with E-state index in [2.05, 4.69) is 6.07 Å². The molecule has 2 aromatic rings. The van der Waals surface area contributed by atoms with Crippen LogP contribution in [-0.2, 0) is 6.42 Å². The molecule has 2 aromatic carbocycles. The van der Waals surface area contributed by atoms with Crippen LogP contribution in [0.2, 0.25) is 0 Å². The maximum Gasteiger partial charge on any atom is 0.126 e. The highest BCUT2D eigenvalue weighted by Crippen LogP contribution is 2.31. The second kappa shape index (κ2) is 6.06. The van der Waals surface area contributed by atoms with Gasteiger partial charge in [0.2, 0.25) is 0 Å². The van der Waals surface area contributed by atoms with Crippen molar-refractivity contribution in [1.82, 2.24) is 0 Å². The van der Waals surface area contributed by atoms with Crippen molar-refractivity contribution in [1.29, 1.82) is 0 Å². The van der Waals surface area contributed by atoms with E-state index in [4.69, 9.17) is 10.5 Å². The van der Waals surface area contributed by atoms with Crippen molar-refractivity contribution in [2.45, 2.75) is 26.3 Å². The molecule has 0 spiro atoms. The highest BCUT2D eigenvalue weighted by Gasteiger charge is 2.17. The zero-order valence-corrected chi connectivity index (χ0v) is 12.1. The van der Waals surface area contributed by atoms with E-state index < -0.39 is 0 Å². The van der Waals surface area contributed by atoms with Gasteiger partial charge < -0.3 is 10.5 Å². The standard InChI is InChI=1S/C17H20FNO/c1-11-8-12(2)17(16(9-11)20-3)15(19)10-13-6-4-5-7-14(13)18/h4-9,15H,10,19H2,1-3H3. The lowest BCUT2D eigenvalue weighted by Gasteiger charge is -2.19. The molecule has 3 heteroatoms. The van der Waals surface area contributed by atoms with Crippen LogP contribution < -0.4 is 10.5 Å². The molecule has 2 N–H and O–H groups in total. The number of halogens is 1. The summed E-state index contributed by atoms with van der Waals surface area (Å²) >= 11 is 0. The average Bonchev–Trinajstić information content (AvgIpc) is 2.40. The van der Waals surface area contributed by atoms with Crippen LogP contribution in [-0.4, -0.2) is 7.11 Å². The SMILES string of the molecule is COc1cc(C)cc(C)c1C(N)Cc1ccccc1F. The van der Waals surface area contributed by atoms with Crippen LogP contribution >= 0.6 is 0 Å². The lowest BCUT2D eigenvalue weighted by molar-refractivity contribution is 0.404. The highest BCUT2D eigenvalue weighted by atomic mass is 19.1. The first-order valence-corrected chi connectivity index (χ1v) is 6.67. The summed E-state index contributed by atoms with van der Waals surface area (Å²) in [6.07, 6.45) is 0.451. The zero-order chi connectivity index (χ0) is 14.7. The van der Waals surface area contributed by atoms with E-state index in [9.17, 15) is 4.39 Å². The Morgan fingerprint density at radius 2 is 1.90 bits per heavy atom. The van der Waals surface area contributed by atoms with E-state index in [0.717, 1.165) is 22.4 Å². The van der Waals surface area contributed by atoms with Crippen molar-refractivity contribution in [3.63, 3.8) is 0 Å². The molecule has 106 valence electrons. The van der Waals surface area contributed by atoms with Gasteiger partial charge in [0, 0.05) is 11.6 Å². The third-order valence-electron chi connectivity index (χ3n) is 3.48. The molecule has 1 atom stereocenters. The summed E-state index contributed by atoms with van der Waals surface area (Å²) in [5.74, 6) is 0.554. The molecule has 0 amide bonds. The summed E-state index contributed by atoms with van der Waals surface area (Å²) < 4.78 is 19.1. The number of methoxy groups -OCH3 is 1. The van der Waals surface area contributed by atoms with Crippen molar-refractivity contribution >= 4 is 0 Å². The summed E-state index contributed by atoms with van der Waals surface area (Å²) in [5, 5.41) is 0. The van der Waals surface area contributed by atoms with Crippen molar-refractivity contribution in [3.8, 4) is 5.75 Å². The summed E-state index contributed by atoms with van der Waals surface area (Å²) in [4.78, 5) is 0. The smallest absolute Gasteiger partial charge is 0.126 e. The first kappa shape index (κ1) is 14.5. The topological polar surface area (TPSA) is 35.2 Å². The molecule has 2 nitrogen and oxygen atoms in total. The van der Waals surface area contributed by atoms with Gasteiger partial charge in [-0.05, 0) is 49.1 Å². The predicted octanol–water partition coefficient (Wildman–Crippen LogP) is 3.69. The van der Waals surface area contributed by atoms with Crippen LogP contribution in [0.25, 0.3) is 0 Å². The Morgan fingerprint density at radius 3 is 2.55 bits per heavy atom. The summed E-state index contributed by atoms with van der Waals surface area (Å²) in [7, 11) is 1.63. The number of nitrogens with two attached hydrogens (primary N) is 1. The van der Waals surface area contributed by atoms with Crippen molar-refractivity contribution < 1.29 is 9.13 Å². The zero-order valence-electron chi connectivity index (χ0n) is 12.1. The van der Waals surface area contributed by atoms with Crippen LogP contribution in [0.15, 0.2) is 36.4 Å². The minimum absolute atomic E-state index is 0.216. The summed E-state index contributed by atoms with van der Waals surface area (Å²) in [6, 6.07) is 10.5. The van der Waals surface area contributed by atoms with Crippen LogP contribution in [0.3, 0.4) is 0 Å². The van der Waals surface area contributed by atoms with Crippen LogP contribution in [0.5, 0.6) is 5.75 Å². The fourth-order valence-electron chi connectivity index (χ4n) is 2.59. The van der Waals surface area contributed by atoms with E-state index in [1.54, 1.807) is 19.2 Å². The van der Waals surface area contributed by atoms with Gasteiger partial charge in [0.25, 0.3) is 0 Å². The van der Waals surface area contributed by atoms with E-state index in [0.29, 0.717) is 12.0 Å². The van der Waals surface area contributed by atoms with E-state index in [1.807, 2.05) is 26.0 Å². The molecule has 0 saturated heterocycles. The molecule has 0 aliphatic rings. The van der Waals surface area contributed by atoms with Gasteiger partial charge in [-0.2, -0.15) is 0 Å². The minimum Gasteiger partial charge on any atom is -0.496 e. The number of hydrogen-bond donors (Lipinski definition) is 1. The number of hydrogen-bond acceptors (Lipinski definition) is 2. The van der Waals surface area contributed by atoms with Gasteiger partial charge in [0.05, 0.1) is 7.11 Å². The lowest BCUT2D eigenvalue weighted by Crippen LogP contribution is -2.16.